The molecule has 0 aliphatic carbocycles. The zero-order valence-electron chi connectivity index (χ0n) is 14.5. The lowest BCUT2D eigenvalue weighted by Crippen LogP contribution is -2.37. The Morgan fingerprint density at radius 3 is 2.56 bits per heavy atom. The van der Waals surface area contributed by atoms with Gasteiger partial charge in [0, 0.05) is 30.8 Å². The van der Waals surface area contributed by atoms with Gasteiger partial charge in [0.05, 0.1) is 13.2 Å². The summed E-state index contributed by atoms with van der Waals surface area (Å²) in [5.41, 5.74) is 8.10. The average molecular weight is 378 g/mol. The van der Waals surface area contributed by atoms with Gasteiger partial charge in [0.2, 0.25) is 0 Å². The number of benzene rings is 1. The Morgan fingerprint density at radius 1 is 1.20 bits per heavy atom. The highest BCUT2D eigenvalue weighted by molar-refractivity contribution is 7.98. The fourth-order valence-electron chi connectivity index (χ4n) is 2.58. The molecule has 0 bridgehead atoms. The molecule has 0 saturated carbocycles. The summed E-state index contributed by atoms with van der Waals surface area (Å²) in [6, 6.07) is 8.58. The van der Waals surface area contributed by atoms with Gasteiger partial charge in [-0.1, -0.05) is 23.9 Å². The third kappa shape index (κ3) is 4.50. The summed E-state index contributed by atoms with van der Waals surface area (Å²) in [6.45, 7) is 2.99. The zero-order chi connectivity index (χ0) is 17.6. The predicted molar refractivity (Wildman–Crippen MR) is 107 cm³/mol. The molecule has 6 nitrogen and oxygen atoms in total. The molecule has 1 aliphatic rings. The molecule has 1 aromatic carbocycles. The highest BCUT2D eigenvalue weighted by Crippen LogP contribution is 2.31. The number of morpholine rings is 1. The van der Waals surface area contributed by atoms with E-state index in [4.69, 9.17) is 15.5 Å². The van der Waals surface area contributed by atoms with Crippen LogP contribution in [0.1, 0.15) is 5.56 Å². The molecule has 1 fully saturated rings. The predicted octanol–water partition coefficient (Wildman–Crippen LogP) is 2.95. The molecule has 0 amide bonds. The number of nitrogens with two attached hydrogens (primary N) is 1. The number of rotatable bonds is 6. The van der Waals surface area contributed by atoms with Crippen molar-refractivity contribution >= 4 is 40.8 Å². The SMILES string of the molecule is CNc1nc(SCc2ccc(SC)cc2)nc(N2CCOCC2)c1N. The minimum atomic E-state index is 0.595. The Bertz CT molecular complexity index is 705. The molecule has 1 aromatic heterocycles. The van der Waals surface area contributed by atoms with Crippen molar-refractivity contribution in [2.24, 2.45) is 0 Å². The molecule has 2 aromatic rings. The fraction of sp³-hybridized carbons (Fsp3) is 0.412. The van der Waals surface area contributed by atoms with Gasteiger partial charge >= 0.3 is 0 Å². The molecule has 1 aliphatic heterocycles. The van der Waals surface area contributed by atoms with Crippen molar-refractivity contribution in [1.29, 1.82) is 0 Å². The molecule has 0 radical (unpaired) electrons. The van der Waals surface area contributed by atoms with Crippen molar-refractivity contribution in [1.82, 2.24) is 9.97 Å². The summed E-state index contributed by atoms with van der Waals surface area (Å²) in [4.78, 5) is 12.7. The van der Waals surface area contributed by atoms with Gasteiger partial charge in [-0.15, -0.1) is 11.8 Å². The molecular formula is C17H23N5OS2. The smallest absolute Gasteiger partial charge is 0.191 e. The van der Waals surface area contributed by atoms with Gasteiger partial charge in [-0.3, -0.25) is 0 Å². The second-order valence-electron chi connectivity index (χ2n) is 5.58. The van der Waals surface area contributed by atoms with E-state index < -0.39 is 0 Å². The lowest BCUT2D eigenvalue weighted by molar-refractivity contribution is 0.122. The molecule has 8 heteroatoms. The summed E-state index contributed by atoms with van der Waals surface area (Å²) in [5.74, 6) is 2.30. The molecule has 0 atom stereocenters. The Hall–Kier alpha value is -1.64. The number of nitrogens with zero attached hydrogens (tertiary/aromatic N) is 3. The van der Waals surface area contributed by atoms with Crippen LogP contribution in [-0.2, 0) is 10.5 Å². The first-order chi connectivity index (χ1) is 12.2. The van der Waals surface area contributed by atoms with E-state index in [1.54, 1.807) is 23.5 Å². The van der Waals surface area contributed by atoms with E-state index in [9.17, 15) is 0 Å². The molecule has 134 valence electrons. The topological polar surface area (TPSA) is 76.3 Å². The summed E-state index contributed by atoms with van der Waals surface area (Å²) >= 11 is 3.37. The first-order valence-corrected chi connectivity index (χ1v) is 10.4. The van der Waals surface area contributed by atoms with Crippen molar-refractivity contribution < 1.29 is 4.74 Å². The Kier molecular flexibility index (Phi) is 6.28. The lowest BCUT2D eigenvalue weighted by Gasteiger charge is -2.29. The number of hydrogen-bond donors (Lipinski definition) is 2. The highest BCUT2D eigenvalue weighted by Gasteiger charge is 2.19. The van der Waals surface area contributed by atoms with Crippen molar-refractivity contribution in [2.45, 2.75) is 15.8 Å². The van der Waals surface area contributed by atoms with Crippen LogP contribution in [0.25, 0.3) is 0 Å². The maximum atomic E-state index is 6.25. The van der Waals surface area contributed by atoms with Gasteiger partial charge in [-0.2, -0.15) is 0 Å². The van der Waals surface area contributed by atoms with Crippen molar-refractivity contribution in [3.8, 4) is 0 Å². The third-order valence-corrected chi connectivity index (χ3v) is 5.64. The maximum Gasteiger partial charge on any atom is 0.191 e. The molecule has 0 spiro atoms. The largest absolute Gasteiger partial charge is 0.393 e. The van der Waals surface area contributed by atoms with Gasteiger partial charge in [0.25, 0.3) is 0 Å². The lowest BCUT2D eigenvalue weighted by atomic mass is 10.2. The summed E-state index contributed by atoms with van der Waals surface area (Å²) in [5, 5.41) is 3.81. The van der Waals surface area contributed by atoms with Gasteiger partial charge < -0.3 is 20.7 Å². The van der Waals surface area contributed by atoms with E-state index >= 15 is 0 Å². The first-order valence-electron chi connectivity index (χ1n) is 8.15. The Labute approximate surface area is 156 Å². The van der Waals surface area contributed by atoms with Gasteiger partial charge in [0.1, 0.15) is 5.69 Å². The van der Waals surface area contributed by atoms with E-state index in [2.05, 4.69) is 45.7 Å². The van der Waals surface area contributed by atoms with Crippen LogP contribution in [0.2, 0.25) is 0 Å². The Morgan fingerprint density at radius 2 is 1.92 bits per heavy atom. The van der Waals surface area contributed by atoms with E-state index in [1.807, 2.05) is 7.05 Å². The van der Waals surface area contributed by atoms with Crippen LogP contribution in [0.5, 0.6) is 0 Å². The molecule has 3 N–H and O–H groups in total. The molecule has 1 saturated heterocycles. The molecule has 3 rings (SSSR count). The molecule has 25 heavy (non-hydrogen) atoms. The number of anilines is 3. The van der Waals surface area contributed by atoms with Crippen LogP contribution < -0.4 is 16.0 Å². The van der Waals surface area contributed by atoms with Crippen LogP contribution in [0, 0.1) is 0 Å². The van der Waals surface area contributed by atoms with Crippen molar-refractivity contribution in [2.75, 3.05) is 55.6 Å². The van der Waals surface area contributed by atoms with Gasteiger partial charge in [-0.05, 0) is 24.0 Å². The number of nitrogen functional groups attached to an aromatic ring is 1. The van der Waals surface area contributed by atoms with Gasteiger partial charge in [0.15, 0.2) is 16.8 Å². The number of nitrogens with one attached hydrogen (secondary N) is 1. The van der Waals surface area contributed by atoms with Gasteiger partial charge in [-0.25, -0.2) is 9.97 Å². The summed E-state index contributed by atoms with van der Waals surface area (Å²) in [6.07, 6.45) is 2.08. The monoisotopic (exact) mass is 377 g/mol. The summed E-state index contributed by atoms with van der Waals surface area (Å²) in [7, 11) is 1.83. The minimum absolute atomic E-state index is 0.595. The quantitative estimate of drug-likeness (QED) is 0.588. The highest BCUT2D eigenvalue weighted by atomic mass is 32.2. The number of ether oxygens (including phenoxy) is 1. The second kappa shape index (κ2) is 8.64. The third-order valence-electron chi connectivity index (χ3n) is 3.98. The minimum Gasteiger partial charge on any atom is -0.393 e. The molecule has 0 unspecified atom stereocenters. The van der Waals surface area contributed by atoms with Crippen LogP contribution >= 0.6 is 23.5 Å². The van der Waals surface area contributed by atoms with E-state index in [0.29, 0.717) is 24.7 Å². The average Bonchev–Trinajstić information content (AvgIpc) is 2.68. The molecule has 2 heterocycles. The zero-order valence-corrected chi connectivity index (χ0v) is 16.1. The Balaban J connectivity index is 1.77. The first kappa shape index (κ1) is 18.2. The van der Waals surface area contributed by atoms with Crippen LogP contribution in [0.3, 0.4) is 0 Å². The molecular weight excluding hydrogens is 354 g/mol. The summed E-state index contributed by atoms with van der Waals surface area (Å²) < 4.78 is 5.42. The van der Waals surface area contributed by atoms with Crippen molar-refractivity contribution in [3.63, 3.8) is 0 Å². The number of thioether (sulfide) groups is 2. The van der Waals surface area contributed by atoms with Crippen LogP contribution in [0.4, 0.5) is 17.3 Å². The fourth-order valence-corrected chi connectivity index (χ4v) is 3.78. The normalized spacial score (nSPS) is 14.6. The van der Waals surface area contributed by atoms with Crippen LogP contribution in [-0.4, -0.2) is 49.6 Å². The van der Waals surface area contributed by atoms with Crippen molar-refractivity contribution in [3.05, 3.63) is 29.8 Å². The van der Waals surface area contributed by atoms with E-state index in [0.717, 1.165) is 29.8 Å². The van der Waals surface area contributed by atoms with E-state index in [1.165, 1.54) is 10.5 Å². The second-order valence-corrected chi connectivity index (χ2v) is 7.40. The van der Waals surface area contributed by atoms with Crippen LogP contribution in [0.15, 0.2) is 34.3 Å². The number of aromatic nitrogens is 2. The maximum absolute atomic E-state index is 6.25. The standard InChI is InChI=1S/C17H23N5OS2/c1-19-15-14(18)16(22-7-9-23-10-8-22)21-17(20-15)25-11-12-3-5-13(24-2)6-4-12/h3-6H,7-11,18H2,1-2H3,(H,19,20,21). The van der Waals surface area contributed by atoms with E-state index in [-0.39, 0.29) is 0 Å². The number of hydrogen-bond acceptors (Lipinski definition) is 8.